The zero-order valence-electron chi connectivity index (χ0n) is 25.2. The molecular weight excluding hydrogens is 750 g/mol. The summed E-state index contributed by atoms with van der Waals surface area (Å²) < 4.78 is 50.8. The van der Waals surface area contributed by atoms with Crippen LogP contribution in [0.25, 0.3) is 10.1 Å². The second kappa shape index (κ2) is 17.0. The van der Waals surface area contributed by atoms with Crippen LogP contribution in [-0.2, 0) is 14.6 Å². The van der Waals surface area contributed by atoms with Gasteiger partial charge in [0.2, 0.25) is 6.29 Å². The number of fused-ring (bicyclic) bond motifs is 1. The molecule has 0 aliphatic rings. The smallest absolute Gasteiger partial charge is 0.158 e. The normalized spacial score (nSPS) is 12.0. The van der Waals surface area contributed by atoms with Gasteiger partial charge in [-0.1, -0.05) is 0 Å². The van der Waals surface area contributed by atoms with E-state index in [1.807, 2.05) is 0 Å². The Kier molecular flexibility index (Phi) is 13.0. The number of amides is 1. The van der Waals surface area contributed by atoms with Gasteiger partial charge in [-0.15, -0.1) is 0 Å². The van der Waals surface area contributed by atoms with Crippen LogP contribution in [0, 0.1) is 0 Å². The molecule has 3 aromatic carbocycles. The van der Waals surface area contributed by atoms with Crippen LogP contribution >= 0.6 is 19.4 Å². The number of benzene rings is 3. The van der Waals surface area contributed by atoms with E-state index < -0.39 is 51.7 Å². The van der Waals surface area contributed by atoms with Crippen LogP contribution < -0.4 is 19.5 Å². The number of phenolic OH excluding ortho intramolecular Hbond substituents is 4. The summed E-state index contributed by atoms with van der Waals surface area (Å²) in [6.45, 7) is 0.653. The van der Waals surface area contributed by atoms with Gasteiger partial charge in [-0.3, -0.25) is 4.79 Å². The minimum atomic E-state index is -4.04. The van der Waals surface area contributed by atoms with Crippen LogP contribution in [0.1, 0.15) is 40.0 Å². The zero-order chi connectivity index (χ0) is 34.8. The van der Waals surface area contributed by atoms with Crippen LogP contribution in [0.4, 0.5) is 0 Å². The van der Waals surface area contributed by atoms with Gasteiger partial charge < -0.3 is 10.2 Å². The number of phenols is 4. The molecule has 0 saturated carbocycles. The van der Waals surface area contributed by atoms with Gasteiger partial charge in [-0.25, -0.2) is 0 Å². The number of rotatable bonds is 18. The molecule has 1 radical (unpaired) electrons. The number of unbranched alkanes of at least 4 members (excludes halogenated alkanes) is 1. The van der Waals surface area contributed by atoms with Gasteiger partial charge in [0, 0.05) is 5.56 Å². The minimum Gasteiger partial charge on any atom is -0.504 e. The van der Waals surface area contributed by atoms with Gasteiger partial charge in [-0.2, -0.15) is 4.89 Å². The Morgan fingerprint density at radius 1 is 0.812 bits per heavy atom. The fourth-order valence-corrected chi connectivity index (χ4v) is 9.28. The van der Waals surface area contributed by atoms with Crippen LogP contribution in [0.3, 0.4) is 0 Å². The first kappa shape index (κ1) is 36.9. The monoisotopic (exact) mass is 782 g/mol. The Balaban J connectivity index is 1.36. The number of sulfonamides is 1. The zero-order valence-corrected chi connectivity index (χ0v) is 29.6. The molecule has 14 nitrogen and oxygen atoms in total. The largest absolute Gasteiger partial charge is 0.504 e. The van der Waals surface area contributed by atoms with Gasteiger partial charge in [0.25, 0.3) is 5.91 Å². The number of thiophene rings is 1. The molecule has 1 unspecified atom stereocenters. The van der Waals surface area contributed by atoms with Crippen molar-refractivity contribution in [1.29, 1.82) is 0 Å². The maximum atomic E-state index is 12.6. The average molecular weight is 783 g/mol. The van der Waals surface area contributed by atoms with Gasteiger partial charge in [0.15, 0.2) is 11.5 Å². The van der Waals surface area contributed by atoms with Crippen molar-refractivity contribution in [3.63, 3.8) is 0 Å². The second-order valence-corrected chi connectivity index (χ2v) is 16.7. The van der Waals surface area contributed by atoms with Crippen LogP contribution in [0.5, 0.6) is 34.5 Å². The van der Waals surface area contributed by atoms with Crippen molar-refractivity contribution >= 4 is 65.7 Å². The number of hydrogen-bond acceptors (Lipinski definition) is 12. The Morgan fingerprint density at radius 2 is 1.44 bits per heavy atom. The van der Waals surface area contributed by atoms with E-state index >= 15 is 0 Å². The SMILES string of the molecule is O=C(NCCCOc1cc2cc(S(=O)(=O)NC[P+](=O)O)sc2cc1OCCCC[As]C(=O)c1ccc(O)c(O)c1)c1ccc(O)c(O)c1. The standard InChI is InChI=1S/C30H31AsN2O12PS2/c34-21-6-4-18(12-23(21)36)29(38)31-8-1-2-10-44-26-16-27-20(15-28(47-27)48(42,43)33-17-46(40)41)14-25(26)45-11-3-9-32-30(39)19-5-7-22(35)24(37)13-19/h4-7,12-16,33H,1-3,8-11,17H2,(H5-,32,34,35,36,37,38,39,40,41)/p+1. The summed E-state index contributed by atoms with van der Waals surface area (Å²) in [5, 5.41) is 42.0. The number of hydrogen-bond donors (Lipinski definition) is 7. The molecule has 18 heteroatoms. The number of carbonyl (C=O) groups is 2. The Hall–Kier alpha value is -3.91. The molecule has 0 aliphatic heterocycles. The molecule has 0 aliphatic carbocycles. The van der Waals surface area contributed by atoms with Crippen LogP contribution in [-0.4, -0.2) is 86.0 Å². The van der Waals surface area contributed by atoms with Gasteiger partial charge >= 0.3 is 216 Å². The molecule has 0 fully saturated rings. The molecule has 1 aromatic heterocycles. The van der Waals surface area contributed by atoms with E-state index in [-0.39, 0.29) is 51.4 Å². The van der Waals surface area contributed by atoms with Gasteiger partial charge in [-0.05, 0) is 22.8 Å². The predicted octanol–water partition coefficient (Wildman–Crippen LogP) is 4.02. The van der Waals surface area contributed by atoms with Crippen molar-refractivity contribution in [2.75, 3.05) is 26.0 Å². The number of aromatic hydroxyl groups is 4. The Morgan fingerprint density at radius 3 is 2.10 bits per heavy atom. The van der Waals surface area contributed by atoms with Crippen molar-refractivity contribution in [1.82, 2.24) is 10.0 Å². The fourth-order valence-electron chi connectivity index (χ4n) is 4.14. The first-order chi connectivity index (χ1) is 22.8. The molecule has 7 N–H and O–H groups in total. The summed E-state index contributed by atoms with van der Waals surface area (Å²) in [7, 11) is -6.75. The molecule has 1 atom stereocenters. The predicted molar refractivity (Wildman–Crippen MR) is 178 cm³/mol. The van der Waals surface area contributed by atoms with Gasteiger partial charge in [0.1, 0.15) is 0 Å². The summed E-state index contributed by atoms with van der Waals surface area (Å²) in [6, 6.07) is 12.4. The van der Waals surface area contributed by atoms with Crippen LogP contribution in [0.2, 0.25) is 5.21 Å². The molecule has 255 valence electrons. The topological polar surface area (TPSA) is 229 Å². The third-order valence-electron chi connectivity index (χ3n) is 6.60. The summed E-state index contributed by atoms with van der Waals surface area (Å²) in [5.74, 6) is -1.16. The quantitative estimate of drug-likeness (QED) is 0.0329. The van der Waals surface area contributed by atoms with E-state index in [1.165, 1.54) is 36.4 Å². The maximum absolute atomic E-state index is 12.6. The molecule has 4 aromatic rings. The number of ether oxygens (including phenoxy) is 2. The van der Waals surface area contributed by atoms with E-state index in [9.17, 15) is 43.0 Å². The van der Waals surface area contributed by atoms with E-state index in [0.717, 1.165) is 17.4 Å². The number of nitrogens with one attached hydrogen (secondary N) is 2. The Labute approximate surface area is 287 Å². The van der Waals surface area contributed by atoms with E-state index in [2.05, 4.69) is 10.0 Å². The third kappa shape index (κ3) is 10.3. The molecule has 4 rings (SSSR count). The van der Waals surface area contributed by atoms with Crippen molar-refractivity contribution in [3.8, 4) is 34.5 Å². The molecule has 0 bridgehead atoms. The van der Waals surface area contributed by atoms with Crippen LogP contribution in [0.15, 0.2) is 58.8 Å². The van der Waals surface area contributed by atoms with Crippen molar-refractivity contribution in [2.45, 2.75) is 28.7 Å². The van der Waals surface area contributed by atoms with Crippen molar-refractivity contribution in [3.05, 3.63) is 65.7 Å². The van der Waals surface area contributed by atoms with Crippen molar-refractivity contribution in [2.24, 2.45) is 0 Å². The molecule has 0 saturated heterocycles. The Bertz CT molecular complexity index is 1920. The summed E-state index contributed by atoms with van der Waals surface area (Å²) in [4.78, 5) is 33.8. The number of carbonyl (C=O) groups excluding carboxylic acids is 2. The van der Waals surface area contributed by atoms with Gasteiger partial charge in [0.05, 0.1) is 0 Å². The molecule has 48 heavy (non-hydrogen) atoms. The van der Waals surface area contributed by atoms with E-state index in [0.29, 0.717) is 51.6 Å². The van der Waals surface area contributed by atoms with E-state index in [1.54, 1.807) is 12.1 Å². The molecule has 1 amide bonds. The second-order valence-electron chi connectivity index (χ2n) is 10.2. The van der Waals surface area contributed by atoms with Crippen molar-refractivity contribution < 1.29 is 57.4 Å². The fraction of sp³-hybridized carbons (Fsp3) is 0.267. The summed E-state index contributed by atoms with van der Waals surface area (Å²) in [5.41, 5.74) is 0.510. The average Bonchev–Trinajstić information content (AvgIpc) is 3.48. The molecule has 1 heterocycles. The first-order valence-corrected chi connectivity index (χ1v) is 20.3. The summed E-state index contributed by atoms with van der Waals surface area (Å²) >= 11 is 0.259. The maximum Gasteiger partial charge on any atom is 0.158 e. The summed E-state index contributed by atoms with van der Waals surface area (Å²) in [6.07, 6.45) is 1.06. The van der Waals surface area contributed by atoms with E-state index in [4.69, 9.17) is 14.4 Å². The third-order valence-corrected chi connectivity index (χ3v) is 12.5. The molecular formula is C30H32AsN2O12PS2+. The minimum absolute atomic E-state index is 0.0598. The molecule has 0 spiro atoms. The first-order valence-electron chi connectivity index (χ1n) is 14.3.